The predicted octanol–water partition coefficient (Wildman–Crippen LogP) is 2.83. The number of nitrogens with one attached hydrogen (secondary N) is 1. The molecule has 5 rings (SSSR count). The van der Waals surface area contributed by atoms with Crippen molar-refractivity contribution in [1.82, 2.24) is 20.1 Å². The highest BCUT2D eigenvalue weighted by Gasteiger charge is 2.34. The molecular formula is C24H32N4O5S. The Balaban J connectivity index is 1.39. The van der Waals surface area contributed by atoms with Crippen LogP contribution >= 0.6 is 0 Å². The largest absolute Gasteiger partial charge is 0.452 e. The van der Waals surface area contributed by atoms with Crippen LogP contribution in [0.1, 0.15) is 85.6 Å². The number of hydrogen-bond donors (Lipinski definition) is 1. The molecule has 1 N–H and O–H groups in total. The van der Waals surface area contributed by atoms with Crippen LogP contribution in [-0.4, -0.2) is 59.2 Å². The van der Waals surface area contributed by atoms with Crippen LogP contribution in [0.2, 0.25) is 0 Å². The van der Waals surface area contributed by atoms with Crippen molar-refractivity contribution in [2.24, 2.45) is 5.92 Å². The van der Waals surface area contributed by atoms with Crippen molar-refractivity contribution in [2.75, 3.05) is 18.1 Å². The molecule has 2 aromatic heterocycles. The number of fused-ring (bicyclic) bond motifs is 1. The zero-order valence-corrected chi connectivity index (χ0v) is 20.6. The van der Waals surface area contributed by atoms with Crippen LogP contribution in [0.5, 0.6) is 0 Å². The Morgan fingerprint density at radius 3 is 2.62 bits per heavy atom. The number of rotatable bonds is 6. The summed E-state index contributed by atoms with van der Waals surface area (Å²) in [4.78, 5) is 30.4. The average molecular weight is 489 g/mol. The smallest absolute Gasteiger partial charge is 0.339 e. The molecule has 3 heterocycles. The molecule has 2 aromatic rings. The van der Waals surface area contributed by atoms with Gasteiger partial charge >= 0.3 is 5.97 Å². The molecule has 1 amide bonds. The van der Waals surface area contributed by atoms with Gasteiger partial charge < -0.3 is 10.1 Å². The third-order valence-corrected chi connectivity index (χ3v) is 9.17. The number of carbonyl (C=O) groups is 2. The minimum absolute atomic E-state index is 0.0259. The fourth-order valence-electron chi connectivity index (χ4n) is 5.29. The van der Waals surface area contributed by atoms with Gasteiger partial charge in [0.1, 0.15) is 0 Å². The molecule has 34 heavy (non-hydrogen) atoms. The molecular weight excluding hydrogens is 456 g/mol. The maximum atomic E-state index is 13.1. The highest BCUT2D eigenvalue weighted by Crippen LogP contribution is 2.41. The van der Waals surface area contributed by atoms with Crippen LogP contribution in [0, 0.1) is 12.8 Å². The van der Waals surface area contributed by atoms with E-state index in [0.717, 1.165) is 37.8 Å². The topological polar surface area (TPSA) is 120 Å². The minimum atomic E-state index is -3.10. The molecule has 3 atom stereocenters. The second kappa shape index (κ2) is 8.94. The summed E-state index contributed by atoms with van der Waals surface area (Å²) in [6, 6.07) is 1.58. The summed E-state index contributed by atoms with van der Waals surface area (Å²) < 4.78 is 31.2. The van der Waals surface area contributed by atoms with E-state index in [1.807, 2.05) is 0 Å². The summed E-state index contributed by atoms with van der Waals surface area (Å²) in [5.74, 6) is -0.0151. The van der Waals surface area contributed by atoms with Crippen molar-refractivity contribution in [2.45, 2.75) is 76.8 Å². The SMILES string of the molecule is Cc1nn(C2CCS(=O)(=O)C2)c2nc(C3CC3)cc(C(=O)OCC(=O)NC3CCCCC3C)c12. The Morgan fingerprint density at radius 2 is 1.94 bits per heavy atom. The first-order valence-corrected chi connectivity index (χ1v) is 14.1. The molecule has 0 radical (unpaired) electrons. The predicted molar refractivity (Wildman–Crippen MR) is 126 cm³/mol. The van der Waals surface area contributed by atoms with Crippen LogP contribution in [0.4, 0.5) is 0 Å². The lowest BCUT2D eigenvalue weighted by molar-refractivity contribution is -0.125. The normalized spacial score (nSPS) is 26.5. The first-order valence-electron chi connectivity index (χ1n) is 12.3. The van der Waals surface area contributed by atoms with Crippen LogP contribution in [0.15, 0.2) is 6.07 Å². The maximum Gasteiger partial charge on any atom is 0.339 e. The molecule has 0 spiro atoms. The van der Waals surface area contributed by atoms with Gasteiger partial charge in [0, 0.05) is 17.7 Å². The lowest BCUT2D eigenvalue weighted by Gasteiger charge is -2.29. The van der Waals surface area contributed by atoms with Gasteiger partial charge in [0.05, 0.1) is 34.2 Å². The highest BCUT2D eigenvalue weighted by atomic mass is 32.2. The van der Waals surface area contributed by atoms with Gasteiger partial charge in [-0.25, -0.2) is 22.9 Å². The Hall–Kier alpha value is -2.49. The van der Waals surface area contributed by atoms with Crippen molar-refractivity contribution in [3.63, 3.8) is 0 Å². The van der Waals surface area contributed by atoms with Crippen LogP contribution in [0.25, 0.3) is 11.0 Å². The lowest BCUT2D eigenvalue weighted by Crippen LogP contribution is -2.42. The van der Waals surface area contributed by atoms with Gasteiger partial charge in [0.2, 0.25) is 0 Å². The summed E-state index contributed by atoms with van der Waals surface area (Å²) in [6.07, 6.45) is 6.80. The third-order valence-electron chi connectivity index (χ3n) is 7.42. The van der Waals surface area contributed by atoms with Crippen LogP contribution in [-0.2, 0) is 19.4 Å². The number of nitrogens with zero attached hydrogens (tertiary/aromatic N) is 3. The van der Waals surface area contributed by atoms with Gasteiger partial charge in [-0.2, -0.15) is 5.10 Å². The number of ether oxygens (including phenoxy) is 1. The highest BCUT2D eigenvalue weighted by molar-refractivity contribution is 7.91. The molecule has 184 valence electrons. The minimum Gasteiger partial charge on any atom is -0.452 e. The van der Waals surface area contributed by atoms with Gasteiger partial charge in [0.25, 0.3) is 5.91 Å². The van der Waals surface area contributed by atoms with Gasteiger partial charge in [-0.15, -0.1) is 0 Å². The van der Waals surface area contributed by atoms with Crippen molar-refractivity contribution >= 4 is 32.7 Å². The monoisotopic (exact) mass is 488 g/mol. The van der Waals surface area contributed by atoms with Crippen molar-refractivity contribution < 1.29 is 22.7 Å². The Kier molecular flexibility index (Phi) is 6.12. The van der Waals surface area contributed by atoms with Gasteiger partial charge in [-0.05, 0) is 51.0 Å². The molecule has 9 nitrogen and oxygen atoms in total. The maximum absolute atomic E-state index is 13.1. The molecule has 0 bridgehead atoms. The van der Waals surface area contributed by atoms with Crippen molar-refractivity contribution in [1.29, 1.82) is 0 Å². The van der Waals surface area contributed by atoms with E-state index in [0.29, 0.717) is 34.6 Å². The molecule has 10 heteroatoms. The van der Waals surface area contributed by atoms with Crippen LogP contribution in [0.3, 0.4) is 0 Å². The Bertz CT molecular complexity index is 1230. The summed E-state index contributed by atoms with van der Waals surface area (Å²) in [7, 11) is -3.10. The Morgan fingerprint density at radius 1 is 1.18 bits per heavy atom. The van der Waals surface area contributed by atoms with E-state index in [-0.39, 0.29) is 42.0 Å². The number of hydrogen-bond acceptors (Lipinski definition) is 7. The first kappa shape index (κ1) is 23.3. The van der Waals surface area contributed by atoms with Gasteiger partial charge in [0.15, 0.2) is 22.1 Å². The van der Waals surface area contributed by atoms with E-state index in [1.165, 1.54) is 6.42 Å². The van der Waals surface area contributed by atoms with Gasteiger partial charge in [-0.3, -0.25) is 4.79 Å². The van der Waals surface area contributed by atoms with E-state index >= 15 is 0 Å². The molecule has 2 aliphatic carbocycles. The van der Waals surface area contributed by atoms with E-state index < -0.39 is 15.8 Å². The van der Waals surface area contributed by atoms with Crippen molar-refractivity contribution in [3.8, 4) is 0 Å². The summed E-state index contributed by atoms with van der Waals surface area (Å²) in [5.41, 5.74) is 2.26. The summed E-state index contributed by atoms with van der Waals surface area (Å²) >= 11 is 0. The molecule has 3 aliphatic rings. The fourth-order valence-corrected chi connectivity index (χ4v) is 6.98. The average Bonchev–Trinajstić information content (AvgIpc) is 3.51. The zero-order valence-electron chi connectivity index (χ0n) is 19.7. The number of sulfone groups is 1. The molecule has 1 saturated heterocycles. The number of pyridine rings is 1. The summed E-state index contributed by atoms with van der Waals surface area (Å²) in [6.45, 7) is 3.59. The molecule has 1 aliphatic heterocycles. The third kappa shape index (κ3) is 4.69. The molecule has 0 aromatic carbocycles. The summed E-state index contributed by atoms with van der Waals surface area (Å²) in [5, 5.41) is 8.16. The number of aryl methyl sites for hydroxylation is 1. The number of carbonyl (C=O) groups excluding carboxylic acids is 2. The van der Waals surface area contributed by atoms with Crippen molar-refractivity contribution in [3.05, 3.63) is 23.0 Å². The standard InChI is InChI=1S/C24H32N4O5S/c1-14-5-3-4-6-19(14)25-21(29)12-33-24(30)18-11-20(16-7-8-16)26-23-22(18)15(2)27-28(23)17-9-10-34(31,32)13-17/h11,14,16-17,19H,3-10,12-13H2,1-2H3,(H,25,29). The number of aromatic nitrogens is 3. The van der Waals surface area contributed by atoms with E-state index in [9.17, 15) is 18.0 Å². The molecule has 3 fully saturated rings. The zero-order chi connectivity index (χ0) is 24.0. The molecule has 2 saturated carbocycles. The number of esters is 1. The van der Waals surface area contributed by atoms with E-state index in [2.05, 4.69) is 17.3 Å². The van der Waals surface area contributed by atoms with Crippen LogP contribution < -0.4 is 5.32 Å². The first-order chi connectivity index (χ1) is 16.2. The van der Waals surface area contributed by atoms with E-state index in [1.54, 1.807) is 17.7 Å². The second-order valence-corrected chi connectivity index (χ2v) is 12.4. The number of amides is 1. The second-order valence-electron chi connectivity index (χ2n) is 10.2. The van der Waals surface area contributed by atoms with E-state index in [4.69, 9.17) is 9.72 Å². The molecule has 3 unspecified atom stereocenters. The Labute approximate surface area is 199 Å². The fraction of sp³-hybridized carbons (Fsp3) is 0.667. The lowest BCUT2D eigenvalue weighted by atomic mass is 9.86. The van der Waals surface area contributed by atoms with Gasteiger partial charge in [-0.1, -0.05) is 19.8 Å². The quantitative estimate of drug-likeness (QED) is 0.621.